The molecule has 0 aromatic heterocycles. The lowest BCUT2D eigenvalue weighted by Gasteiger charge is -2.41. The molecule has 7 N–H and O–H groups in total. The number of rotatable bonds is 4. The number of carboxylic acids is 1. The van der Waals surface area contributed by atoms with Crippen molar-refractivity contribution in [3.63, 3.8) is 0 Å². The molecule has 2 aliphatic heterocycles. The van der Waals surface area contributed by atoms with Crippen molar-refractivity contribution < 1.29 is 59.5 Å². The van der Waals surface area contributed by atoms with Crippen LogP contribution >= 0.6 is 0 Å². The van der Waals surface area contributed by atoms with E-state index in [1.165, 1.54) is 24.3 Å². The first-order valence-electron chi connectivity index (χ1n) is 9.72. The number of fused-ring (bicyclic) bond motifs is 1. The van der Waals surface area contributed by atoms with E-state index in [1.54, 1.807) is 0 Å². The fourth-order valence-electron chi connectivity index (χ4n) is 3.75. The Morgan fingerprint density at radius 2 is 1.58 bits per heavy atom. The molecule has 2 aliphatic rings. The van der Waals surface area contributed by atoms with Crippen LogP contribution in [0, 0.1) is 0 Å². The van der Waals surface area contributed by atoms with E-state index in [9.17, 15) is 45.3 Å². The van der Waals surface area contributed by atoms with Gasteiger partial charge in [0.05, 0.1) is 0 Å². The van der Waals surface area contributed by atoms with Crippen molar-refractivity contribution in [1.82, 2.24) is 0 Å². The van der Waals surface area contributed by atoms with E-state index >= 15 is 0 Å². The van der Waals surface area contributed by atoms with E-state index in [1.807, 2.05) is 0 Å². The molecule has 7 unspecified atom stereocenters. The van der Waals surface area contributed by atoms with Crippen LogP contribution in [-0.2, 0) is 14.3 Å². The monoisotopic (exact) mass is 464 g/mol. The molecule has 4 rings (SSSR count). The maximum Gasteiger partial charge on any atom is 0.335 e. The standard InChI is InChI=1S/C21H20O12/c22-8-3-1-7(2-4-8)17-18(13(25)12-10(24)5-9(23)6-11(12)31-17)32-21-16(28)14(26)15(27)19(33-21)20(29)30/h1-6,14-19,21-24,26-28H,(H,29,30). The minimum Gasteiger partial charge on any atom is -0.508 e. The molecule has 1 saturated heterocycles. The Bertz CT molecular complexity index is 1070. The van der Waals surface area contributed by atoms with Gasteiger partial charge in [0.2, 0.25) is 5.78 Å². The van der Waals surface area contributed by atoms with Crippen molar-refractivity contribution in [2.45, 2.75) is 42.9 Å². The fourth-order valence-corrected chi connectivity index (χ4v) is 3.75. The highest BCUT2D eigenvalue weighted by Gasteiger charge is 2.51. The fraction of sp³-hybridized carbons (Fsp3) is 0.333. The molecule has 0 saturated carbocycles. The van der Waals surface area contributed by atoms with Gasteiger partial charge in [-0.3, -0.25) is 4.79 Å². The Morgan fingerprint density at radius 3 is 2.21 bits per heavy atom. The first-order chi connectivity index (χ1) is 15.6. The predicted molar refractivity (Wildman–Crippen MR) is 105 cm³/mol. The summed E-state index contributed by atoms with van der Waals surface area (Å²) in [6, 6.07) is 7.44. The first kappa shape index (κ1) is 22.8. The molecule has 12 heteroatoms. The second-order valence-electron chi connectivity index (χ2n) is 7.62. The van der Waals surface area contributed by atoms with Crippen LogP contribution in [0.4, 0.5) is 0 Å². The molecular weight excluding hydrogens is 444 g/mol. The number of ether oxygens (including phenoxy) is 3. The van der Waals surface area contributed by atoms with Gasteiger partial charge in [0.1, 0.15) is 46.9 Å². The summed E-state index contributed by atoms with van der Waals surface area (Å²) in [5.41, 5.74) is -0.0335. The lowest BCUT2D eigenvalue weighted by Crippen LogP contribution is -2.61. The molecule has 0 bridgehead atoms. The van der Waals surface area contributed by atoms with E-state index < -0.39 is 60.4 Å². The van der Waals surface area contributed by atoms with Crippen LogP contribution in [0.5, 0.6) is 23.0 Å². The van der Waals surface area contributed by atoms with Gasteiger partial charge in [-0.25, -0.2) is 4.79 Å². The molecule has 0 amide bonds. The molecule has 1 fully saturated rings. The Hall–Kier alpha value is -3.42. The zero-order valence-corrected chi connectivity index (χ0v) is 16.7. The summed E-state index contributed by atoms with van der Waals surface area (Å²) < 4.78 is 16.5. The van der Waals surface area contributed by atoms with Crippen LogP contribution < -0.4 is 4.74 Å². The SMILES string of the molecule is O=C1c2c(O)cc(O)cc2OC(c2ccc(O)cc2)C1OC1OC(C(=O)O)C(O)C(O)C1O. The molecule has 0 radical (unpaired) electrons. The molecule has 0 spiro atoms. The summed E-state index contributed by atoms with van der Waals surface area (Å²) in [5.74, 6) is -3.73. The Morgan fingerprint density at radius 1 is 0.909 bits per heavy atom. The third-order valence-electron chi connectivity index (χ3n) is 5.42. The number of carbonyl (C=O) groups excluding carboxylic acids is 1. The summed E-state index contributed by atoms with van der Waals surface area (Å²) in [6.45, 7) is 0. The van der Waals surface area contributed by atoms with Crippen LogP contribution in [-0.4, -0.2) is 84.3 Å². The van der Waals surface area contributed by atoms with E-state index in [0.717, 1.165) is 12.1 Å². The number of carbonyl (C=O) groups is 2. The average molecular weight is 464 g/mol. The zero-order valence-electron chi connectivity index (χ0n) is 16.7. The van der Waals surface area contributed by atoms with Crippen molar-refractivity contribution in [2.75, 3.05) is 0 Å². The number of phenols is 3. The highest BCUT2D eigenvalue weighted by Crippen LogP contribution is 2.43. The predicted octanol–water partition coefficient (Wildman–Crippen LogP) is -0.603. The van der Waals surface area contributed by atoms with Crippen molar-refractivity contribution in [3.05, 3.63) is 47.5 Å². The highest BCUT2D eigenvalue weighted by atomic mass is 16.7. The van der Waals surface area contributed by atoms with Gasteiger partial charge in [-0.15, -0.1) is 0 Å². The van der Waals surface area contributed by atoms with Gasteiger partial charge in [-0.2, -0.15) is 0 Å². The van der Waals surface area contributed by atoms with Crippen molar-refractivity contribution in [3.8, 4) is 23.0 Å². The van der Waals surface area contributed by atoms with E-state index in [4.69, 9.17) is 14.2 Å². The number of Topliss-reactive ketones (excluding diaryl/α,β-unsaturated/α-hetero) is 1. The second-order valence-corrected chi connectivity index (χ2v) is 7.62. The molecule has 0 aliphatic carbocycles. The summed E-state index contributed by atoms with van der Waals surface area (Å²) in [4.78, 5) is 24.7. The van der Waals surface area contributed by atoms with Gasteiger partial charge in [0, 0.05) is 12.1 Å². The quantitative estimate of drug-likeness (QED) is 0.303. The molecule has 33 heavy (non-hydrogen) atoms. The molecule has 7 atom stereocenters. The van der Waals surface area contributed by atoms with Crippen LogP contribution in [0.15, 0.2) is 36.4 Å². The number of hydrogen-bond donors (Lipinski definition) is 7. The van der Waals surface area contributed by atoms with E-state index in [0.29, 0.717) is 5.56 Å². The van der Waals surface area contributed by atoms with Crippen molar-refractivity contribution >= 4 is 11.8 Å². The number of ketones is 1. The largest absolute Gasteiger partial charge is 0.508 e. The summed E-state index contributed by atoms with van der Waals surface area (Å²) in [7, 11) is 0. The number of phenolic OH excluding ortho intramolecular Hbond substituents is 3. The summed E-state index contributed by atoms with van der Waals surface area (Å²) in [6.07, 6.45) is -12.6. The van der Waals surface area contributed by atoms with Crippen LogP contribution in [0.1, 0.15) is 22.0 Å². The van der Waals surface area contributed by atoms with Gasteiger partial charge >= 0.3 is 5.97 Å². The molecule has 2 aromatic carbocycles. The number of aliphatic carboxylic acids is 1. The molecular formula is C21H20O12. The Balaban J connectivity index is 1.73. The number of hydrogen-bond acceptors (Lipinski definition) is 11. The molecule has 2 aromatic rings. The van der Waals surface area contributed by atoms with Crippen LogP contribution in [0.2, 0.25) is 0 Å². The van der Waals surface area contributed by atoms with Crippen LogP contribution in [0.3, 0.4) is 0 Å². The lowest BCUT2D eigenvalue weighted by molar-refractivity contribution is -0.304. The van der Waals surface area contributed by atoms with Crippen molar-refractivity contribution in [1.29, 1.82) is 0 Å². The number of aromatic hydroxyl groups is 3. The average Bonchev–Trinajstić information content (AvgIpc) is 2.75. The molecule has 2 heterocycles. The highest BCUT2D eigenvalue weighted by molar-refractivity contribution is 6.05. The topological polar surface area (TPSA) is 203 Å². The third-order valence-corrected chi connectivity index (χ3v) is 5.42. The third kappa shape index (κ3) is 4.05. The molecule has 176 valence electrons. The summed E-state index contributed by atoms with van der Waals surface area (Å²) in [5, 5.41) is 68.9. The van der Waals surface area contributed by atoms with Crippen LogP contribution in [0.25, 0.3) is 0 Å². The molecule has 12 nitrogen and oxygen atoms in total. The number of carboxylic acid groups (broad SMARTS) is 1. The van der Waals surface area contributed by atoms with Gasteiger partial charge < -0.3 is 50.0 Å². The van der Waals surface area contributed by atoms with Gasteiger partial charge in [0.25, 0.3) is 0 Å². The summed E-state index contributed by atoms with van der Waals surface area (Å²) >= 11 is 0. The first-order valence-corrected chi connectivity index (χ1v) is 9.72. The Labute approximate surface area is 185 Å². The van der Waals surface area contributed by atoms with Gasteiger partial charge in [-0.05, 0) is 17.7 Å². The van der Waals surface area contributed by atoms with Gasteiger partial charge in [0.15, 0.2) is 24.6 Å². The number of benzene rings is 2. The van der Waals surface area contributed by atoms with Gasteiger partial charge in [-0.1, -0.05) is 12.1 Å². The second kappa shape index (κ2) is 8.50. The number of aliphatic hydroxyl groups excluding tert-OH is 3. The maximum atomic E-state index is 13.3. The number of aliphatic hydroxyl groups is 3. The van der Waals surface area contributed by atoms with E-state index in [-0.39, 0.29) is 22.8 Å². The zero-order chi connectivity index (χ0) is 24.0. The minimum absolute atomic E-state index is 0.0820. The maximum absolute atomic E-state index is 13.3. The smallest absolute Gasteiger partial charge is 0.335 e. The Kier molecular flexibility index (Phi) is 5.86. The normalized spacial score (nSPS) is 31.5. The van der Waals surface area contributed by atoms with E-state index in [2.05, 4.69) is 0 Å². The van der Waals surface area contributed by atoms with Crippen molar-refractivity contribution in [2.24, 2.45) is 0 Å². The lowest BCUT2D eigenvalue weighted by atomic mass is 9.92. The minimum atomic E-state index is -1.96.